The molecule has 0 radical (unpaired) electrons. The zero-order chi connectivity index (χ0) is 8.69. The number of hydrogen-bond acceptors (Lipinski definition) is 3. The largest absolute Gasteiger partial charge is 0.358 e. The fourth-order valence-corrected chi connectivity index (χ4v) is 0.490. The van der Waals surface area contributed by atoms with Crippen LogP contribution in [-0.2, 0) is 9.59 Å². The summed E-state index contributed by atoms with van der Waals surface area (Å²) in [5.74, 6) is -0.384. The molecule has 5 heteroatoms. The summed E-state index contributed by atoms with van der Waals surface area (Å²) in [7, 11) is 3.19. The smallest absolute Gasteiger partial charge is 0.239 e. The van der Waals surface area contributed by atoms with E-state index in [4.69, 9.17) is 0 Å². The van der Waals surface area contributed by atoms with Gasteiger partial charge in [0.15, 0.2) is 0 Å². The molecule has 0 aliphatic rings. The summed E-state index contributed by atoms with van der Waals surface area (Å²) in [5.41, 5.74) is 0. The molecule has 2 amide bonds. The van der Waals surface area contributed by atoms with Crippen molar-refractivity contribution in [1.29, 1.82) is 0 Å². The average molecular weight is 159 g/mol. The van der Waals surface area contributed by atoms with Gasteiger partial charge in [0.25, 0.3) is 0 Å². The van der Waals surface area contributed by atoms with Crippen molar-refractivity contribution in [3.05, 3.63) is 0 Å². The number of amides is 2. The van der Waals surface area contributed by atoms with Gasteiger partial charge in [0, 0.05) is 7.05 Å². The molecule has 0 atom stereocenters. The molecule has 0 rings (SSSR count). The van der Waals surface area contributed by atoms with E-state index in [1.807, 2.05) is 0 Å². The summed E-state index contributed by atoms with van der Waals surface area (Å²) < 4.78 is 0. The third kappa shape index (κ3) is 5.35. The van der Waals surface area contributed by atoms with Crippen molar-refractivity contribution in [3.8, 4) is 0 Å². The molecule has 0 aromatic carbocycles. The summed E-state index contributed by atoms with van der Waals surface area (Å²) in [5, 5.41) is 7.47. The normalized spacial score (nSPS) is 8.91. The number of carbonyl (C=O) groups is 2. The lowest BCUT2D eigenvalue weighted by atomic mass is 10.5. The molecule has 0 aliphatic carbocycles. The Balaban J connectivity index is 3.38. The highest BCUT2D eigenvalue weighted by Crippen LogP contribution is 1.63. The van der Waals surface area contributed by atoms with Crippen molar-refractivity contribution >= 4 is 11.8 Å². The zero-order valence-corrected chi connectivity index (χ0v) is 6.73. The van der Waals surface area contributed by atoms with Crippen LogP contribution in [0.5, 0.6) is 0 Å². The Kier molecular flexibility index (Phi) is 5.10. The van der Waals surface area contributed by atoms with E-state index >= 15 is 0 Å². The van der Waals surface area contributed by atoms with E-state index in [2.05, 4.69) is 16.0 Å². The van der Waals surface area contributed by atoms with Crippen molar-refractivity contribution in [2.45, 2.75) is 0 Å². The van der Waals surface area contributed by atoms with Crippen LogP contribution in [-0.4, -0.2) is 39.0 Å². The quantitative estimate of drug-likeness (QED) is 0.447. The maximum atomic E-state index is 10.7. The van der Waals surface area contributed by atoms with Gasteiger partial charge in [-0.2, -0.15) is 0 Å². The second-order valence-electron chi connectivity index (χ2n) is 1.98. The Morgan fingerprint density at radius 3 is 2.18 bits per heavy atom. The van der Waals surface area contributed by atoms with Gasteiger partial charge in [-0.15, -0.1) is 0 Å². The van der Waals surface area contributed by atoms with Gasteiger partial charge in [-0.1, -0.05) is 0 Å². The van der Waals surface area contributed by atoms with Crippen LogP contribution >= 0.6 is 0 Å². The topological polar surface area (TPSA) is 70.2 Å². The van der Waals surface area contributed by atoms with E-state index < -0.39 is 0 Å². The van der Waals surface area contributed by atoms with E-state index in [1.54, 1.807) is 7.05 Å². The first kappa shape index (κ1) is 9.90. The first-order chi connectivity index (χ1) is 5.20. The highest BCUT2D eigenvalue weighted by Gasteiger charge is 2.00. The summed E-state index contributed by atoms with van der Waals surface area (Å²) in [6.07, 6.45) is 0. The van der Waals surface area contributed by atoms with Crippen molar-refractivity contribution in [2.75, 3.05) is 27.2 Å². The molecule has 0 saturated carbocycles. The standard InChI is InChI=1S/C6H13N3O2/c1-7-3-6(11)9-4-5(10)8-2/h7H,3-4H2,1-2H3,(H,8,10)(H,9,11). The lowest BCUT2D eigenvalue weighted by molar-refractivity contribution is -0.125. The molecule has 0 saturated heterocycles. The second-order valence-corrected chi connectivity index (χ2v) is 1.98. The highest BCUT2D eigenvalue weighted by atomic mass is 16.2. The Hall–Kier alpha value is -1.10. The lowest BCUT2D eigenvalue weighted by Gasteiger charge is -2.02. The Labute approximate surface area is 65.5 Å². The third-order valence-electron chi connectivity index (χ3n) is 1.06. The van der Waals surface area contributed by atoms with Crippen LogP contribution in [0.25, 0.3) is 0 Å². The summed E-state index contributed by atoms with van der Waals surface area (Å²) in [6, 6.07) is 0. The average Bonchev–Trinajstić information content (AvgIpc) is 2.01. The number of likely N-dealkylation sites (N-methyl/N-ethyl adjacent to an activating group) is 2. The minimum absolute atomic E-state index is 0.0387. The Morgan fingerprint density at radius 1 is 1.09 bits per heavy atom. The van der Waals surface area contributed by atoms with Gasteiger partial charge in [-0.3, -0.25) is 9.59 Å². The van der Waals surface area contributed by atoms with Gasteiger partial charge in [0.05, 0.1) is 13.1 Å². The molecule has 0 heterocycles. The van der Waals surface area contributed by atoms with E-state index in [9.17, 15) is 9.59 Å². The lowest BCUT2D eigenvalue weighted by Crippen LogP contribution is -2.38. The number of nitrogens with one attached hydrogen (secondary N) is 3. The van der Waals surface area contributed by atoms with Crippen LogP contribution in [0, 0.1) is 0 Å². The maximum absolute atomic E-state index is 10.7. The van der Waals surface area contributed by atoms with Crippen LogP contribution in [0.15, 0.2) is 0 Å². The van der Waals surface area contributed by atoms with E-state index in [0.717, 1.165) is 0 Å². The molecular formula is C6H13N3O2. The number of carbonyl (C=O) groups excluding carboxylic acids is 2. The van der Waals surface area contributed by atoms with Gasteiger partial charge < -0.3 is 16.0 Å². The monoisotopic (exact) mass is 159 g/mol. The second kappa shape index (κ2) is 5.67. The molecule has 0 aromatic rings. The van der Waals surface area contributed by atoms with E-state index in [0.29, 0.717) is 0 Å². The summed E-state index contributed by atoms with van der Waals surface area (Å²) >= 11 is 0. The Bertz CT molecular complexity index is 147. The van der Waals surface area contributed by atoms with Crippen LogP contribution in [0.4, 0.5) is 0 Å². The first-order valence-corrected chi connectivity index (χ1v) is 3.32. The fraction of sp³-hybridized carbons (Fsp3) is 0.667. The molecule has 3 N–H and O–H groups in total. The summed E-state index contributed by atoms with van der Waals surface area (Å²) in [4.78, 5) is 21.3. The van der Waals surface area contributed by atoms with E-state index in [1.165, 1.54) is 7.05 Å². The number of rotatable bonds is 4. The minimum atomic E-state index is -0.200. The molecule has 0 unspecified atom stereocenters. The molecule has 64 valence electrons. The third-order valence-corrected chi connectivity index (χ3v) is 1.06. The predicted octanol–water partition coefficient (Wildman–Crippen LogP) is -1.93. The van der Waals surface area contributed by atoms with Crippen molar-refractivity contribution in [2.24, 2.45) is 0 Å². The summed E-state index contributed by atoms with van der Waals surface area (Å²) in [6.45, 7) is 0.272. The Morgan fingerprint density at radius 2 is 1.73 bits per heavy atom. The van der Waals surface area contributed by atoms with Gasteiger partial charge >= 0.3 is 0 Å². The molecule has 5 nitrogen and oxygen atoms in total. The number of hydrogen-bond donors (Lipinski definition) is 3. The van der Waals surface area contributed by atoms with Crippen LogP contribution in [0.1, 0.15) is 0 Å². The first-order valence-electron chi connectivity index (χ1n) is 3.32. The molecule has 0 bridgehead atoms. The molecule has 0 fully saturated rings. The van der Waals surface area contributed by atoms with E-state index in [-0.39, 0.29) is 24.9 Å². The van der Waals surface area contributed by atoms with Crippen molar-refractivity contribution in [1.82, 2.24) is 16.0 Å². The minimum Gasteiger partial charge on any atom is -0.358 e. The van der Waals surface area contributed by atoms with Gasteiger partial charge in [0.1, 0.15) is 0 Å². The van der Waals surface area contributed by atoms with Gasteiger partial charge in [-0.25, -0.2) is 0 Å². The molecule has 0 spiro atoms. The molecule has 11 heavy (non-hydrogen) atoms. The van der Waals surface area contributed by atoms with Crippen LogP contribution in [0.2, 0.25) is 0 Å². The predicted molar refractivity (Wildman–Crippen MR) is 41.0 cm³/mol. The van der Waals surface area contributed by atoms with Crippen molar-refractivity contribution < 1.29 is 9.59 Å². The van der Waals surface area contributed by atoms with Crippen LogP contribution < -0.4 is 16.0 Å². The molecular weight excluding hydrogens is 146 g/mol. The highest BCUT2D eigenvalue weighted by molar-refractivity contribution is 5.85. The van der Waals surface area contributed by atoms with Gasteiger partial charge in [0.2, 0.25) is 11.8 Å². The van der Waals surface area contributed by atoms with Crippen molar-refractivity contribution in [3.63, 3.8) is 0 Å². The molecule has 0 aliphatic heterocycles. The zero-order valence-electron chi connectivity index (χ0n) is 6.73. The van der Waals surface area contributed by atoms with Gasteiger partial charge in [-0.05, 0) is 7.05 Å². The fourth-order valence-electron chi connectivity index (χ4n) is 0.490. The maximum Gasteiger partial charge on any atom is 0.239 e. The molecule has 0 aromatic heterocycles. The SMILES string of the molecule is CNCC(=O)NCC(=O)NC. The van der Waals surface area contributed by atoms with Crippen LogP contribution in [0.3, 0.4) is 0 Å².